The topological polar surface area (TPSA) is 40.6 Å². The van der Waals surface area contributed by atoms with Crippen molar-refractivity contribution in [3.05, 3.63) is 27.7 Å². The third-order valence-electron chi connectivity index (χ3n) is 2.89. The lowest BCUT2D eigenvalue weighted by Gasteiger charge is -2.25. The zero-order chi connectivity index (χ0) is 16.2. The number of likely N-dealkylation sites (N-methyl/N-ethyl adjacent to an activating group) is 1. The van der Waals surface area contributed by atoms with Crippen LogP contribution in [0, 0.1) is 5.92 Å². The monoisotopic (exact) mass is 396 g/mol. The Kier molecular flexibility index (Phi) is 7.13. The van der Waals surface area contributed by atoms with Crippen LogP contribution in [0.5, 0.6) is 0 Å². The van der Waals surface area contributed by atoms with Gasteiger partial charge in [-0.05, 0) is 54.1 Å². The molecule has 7 heteroatoms. The molecule has 21 heavy (non-hydrogen) atoms. The van der Waals surface area contributed by atoms with Crippen LogP contribution < -0.4 is 0 Å². The number of hydrogen-bond acceptors (Lipinski definition) is 3. The van der Waals surface area contributed by atoms with E-state index in [1.165, 1.54) is 4.31 Å². The molecule has 120 valence electrons. The Morgan fingerprint density at radius 1 is 1.24 bits per heavy atom. The van der Waals surface area contributed by atoms with Crippen molar-refractivity contribution in [3.63, 3.8) is 0 Å². The maximum absolute atomic E-state index is 12.8. The first-order valence-electron chi connectivity index (χ1n) is 6.74. The quantitative estimate of drug-likeness (QED) is 0.708. The molecular weight excluding hydrogens is 376 g/mol. The summed E-state index contributed by atoms with van der Waals surface area (Å²) in [6.07, 6.45) is 0. The maximum atomic E-state index is 12.8. The van der Waals surface area contributed by atoms with Crippen LogP contribution in [-0.4, -0.2) is 51.4 Å². The number of rotatable bonds is 7. The van der Waals surface area contributed by atoms with Crippen LogP contribution in [-0.2, 0) is 10.0 Å². The van der Waals surface area contributed by atoms with E-state index in [1.54, 1.807) is 18.2 Å². The van der Waals surface area contributed by atoms with E-state index < -0.39 is 10.0 Å². The van der Waals surface area contributed by atoms with Gasteiger partial charge in [0.25, 0.3) is 0 Å². The molecule has 0 amide bonds. The van der Waals surface area contributed by atoms with Gasteiger partial charge in [-0.2, -0.15) is 4.31 Å². The summed E-state index contributed by atoms with van der Waals surface area (Å²) in [4.78, 5) is 2.24. The zero-order valence-corrected chi connectivity index (χ0v) is 16.0. The van der Waals surface area contributed by atoms with Crippen molar-refractivity contribution in [2.24, 2.45) is 5.92 Å². The summed E-state index contributed by atoms with van der Waals surface area (Å²) in [7, 11) is 0.346. The van der Waals surface area contributed by atoms with Gasteiger partial charge in [0.1, 0.15) is 0 Å². The lowest BCUT2D eigenvalue weighted by Crippen LogP contribution is -2.38. The summed E-state index contributed by atoms with van der Waals surface area (Å²) < 4.78 is 27.7. The van der Waals surface area contributed by atoms with E-state index in [1.807, 2.05) is 32.8 Å². The van der Waals surface area contributed by atoms with Gasteiger partial charge in [0, 0.05) is 24.1 Å². The predicted molar refractivity (Wildman–Crippen MR) is 91.3 cm³/mol. The Bertz CT molecular complexity index is 576. The highest BCUT2D eigenvalue weighted by Gasteiger charge is 2.25. The van der Waals surface area contributed by atoms with Crippen LogP contribution in [0.15, 0.2) is 27.6 Å². The number of halogens is 2. The van der Waals surface area contributed by atoms with Crippen molar-refractivity contribution >= 4 is 37.6 Å². The summed E-state index contributed by atoms with van der Waals surface area (Å²) in [5.74, 6) is 0.262. The molecule has 0 aliphatic rings. The first-order valence-corrected chi connectivity index (χ1v) is 9.35. The van der Waals surface area contributed by atoms with Gasteiger partial charge in [0.05, 0.1) is 9.92 Å². The van der Waals surface area contributed by atoms with Gasteiger partial charge >= 0.3 is 0 Å². The highest BCUT2D eigenvalue weighted by atomic mass is 79.9. The van der Waals surface area contributed by atoms with Gasteiger partial charge in [0.15, 0.2) is 0 Å². The number of benzene rings is 1. The van der Waals surface area contributed by atoms with Crippen LogP contribution in [0.1, 0.15) is 13.8 Å². The Labute approximate surface area is 141 Å². The van der Waals surface area contributed by atoms with Gasteiger partial charge in [-0.1, -0.05) is 25.4 Å². The van der Waals surface area contributed by atoms with Crippen molar-refractivity contribution in [2.75, 3.05) is 33.7 Å². The number of hydrogen-bond donors (Lipinski definition) is 0. The average Bonchev–Trinajstić information content (AvgIpc) is 2.36. The van der Waals surface area contributed by atoms with E-state index in [0.717, 1.165) is 0 Å². The van der Waals surface area contributed by atoms with E-state index in [9.17, 15) is 8.42 Å². The molecule has 0 atom stereocenters. The second kappa shape index (κ2) is 7.92. The predicted octanol–water partition coefficient (Wildman–Crippen LogP) is 3.31. The van der Waals surface area contributed by atoms with Crippen LogP contribution in [0.3, 0.4) is 0 Å². The third-order valence-corrected chi connectivity index (χ3v) is 5.97. The number of nitrogens with zero attached hydrogens (tertiary/aromatic N) is 2. The molecule has 0 aliphatic carbocycles. The molecule has 0 saturated heterocycles. The lowest BCUT2D eigenvalue weighted by molar-refractivity contribution is 0.312. The molecule has 0 unspecified atom stereocenters. The molecule has 0 fully saturated rings. The Hall–Kier alpha value is -0.140. The molecule has 1 rings (SSSR count). The van der Waals surface area contributed by atoms with E-state index in [2.05, 4.69) is 15.9 Å². The van der Waals surface area contributed by atoms with E-state index >= 15 is 0 Å². The van der Waals surface area contributed by atoms with Gasteiger partial charge in [-0.25, -0.2) is 8.42 Å². The first kappa shape index (κ1) is 18.9. The molecule has 1 aromatic carbocycles. The minimum Gasteiger partial charge on any atom is -0.308 e. The summed E-state index contributed by atoms with van der Waals surface area (Å²) in [5.41, 5.74) is 0. The fourth-order valence-corrected chi connectivity index (χ4v) is 4.08. The van der Waals surface area contributed by atoms with Crippen LogP contribution >= 0.6 is 27.5 Å². The molecule has 4 nitrogen and oxygen atoms in total. The molecule has 1 aromatic rings. The highest BCUT2D eigenvalue weighted by Crippen LogP contribution is 2.27. The van der Waals surface area contributed by atoms with Gasteiger partial charge in [-0.3, -0.25) is 0 Å². The molecule has 0 spiro atoms. The third kappa shape index (κ3) is 5.53. The zero-order valence-electron chi connectivity index (χ0n) is 12.8. The van der Waals surface area contributed by atoms with Crippen molar-refractivity contribution in [2.45, 2.75) is 18.7 Å². The van der Waals surface area contributed by atoms with Gasteiger partial charge < -0.3 is 4.90 Å². The Balaban J connectivity index is 3.09. The summed E-state index contributed by atoms with van der Waals surface area (Å²) in [5, 5.41) is 0.498. The largest absolute Gasteiger partial charge is 0.308 e. The smallest absolute Gasteiger partial charge is 0.243 e. The first-order chi connectivity index (χ1) is 9.64. The molecule has 0 radical (unpaired) electrons. The van der Waals surface area contributed by atoms with E-state index in [0.29, 0.717) is 29.1 Å². The van der Waals surface area contributed by atoms with Crippen molar-refractivity contribution in [1.29, 1.82) is 0 Å². The normalized spacial score (nSPS) is 12.6. The van der Waals surface area contributed by atoms with E-state index in [-0.39, 0.29) is 10.8 Å². The minimum atomic E-state index is -3.51. The Morgan fingerprint density at radius 2 is 1.86 bits per heavy atom. The van der Waals surface area contributed by atoms with Crippen molar-refractivity contribution < 1.29 is 8.42 Å². The van der Waals surface area contributed by atoms with Crippen molar-refractivity contribution in [3.8, 4) is 0 Å². The Morgan fingerprint density at radius 3 is 2.33 bits per heavy atom. The van der Waals surface area contributed by atoms with E-state index in [4.69, 9.17) is 11.6 Å². The summed E-state index contributed by atoms with van der Waals surface area (Å²) in [6, 6.07) is 4.70. The SMILES string of the molecule is CC(C)CN(CCN(C)C)S(=O)(=O)c1ccc(Cl)c(Br)c1. The van der Waals surface area contributed by atoms with Crippen LogP contribution in [0.25, 0.3) is 0 Å². The fraction of sp³-hybridized carbons (Fsp3) is 0.571. The van der Waals surface area contributed by atoms with Crippen LogP contribution in [0.4, 0.5) is 0 Å². The molecule has 0 bridgehead atoms. The molecule has 0 N–H and O–H groups in total. The van der Waals surface area contributed by atoms with Crippen LogP contribution in [0.2, 0.25) is 5.02 Å². The number of sulfonamides is 1. The summed E-state index contributed by atoms with van der Waals surface area (Å²) in [6.45, 7) is 5.66. The average molecular weight is 398 g/mol. The lowest BCUT2D eigenvalue weighted by atomic mass is 10.2. The standard InChI is InChI=1S/C14H22BrClN2O2S/c1-11(2)10-18(8-7-17(3)4)21(19,20)12-5-6-14(16)13(15)9-12/h5-6,9,11H,7-8,10H2,1-4H3. The minimum absolute atomic E-state index is 0.262. The molecule has 0 aromatic heterocycles. The highest BCUT2D eigenvalue weighted by molar-refractivity contribution is 9.10. The molecule has 0 heterocycles. The molecular formula is C14H22BrClN2O2S. The molecule has 0 aliphatic heterocycles. The maximum Gasteiger partial charge on any atom is 0.243 e. The van der Waals surface area contributed by atoms with Gasteiger partial charge in [0.2, 0.25) is 10.0 Å². The molecule has 0 saturated carbocycles. The van der Waals surface area contributed by atoms with Crippen molar-refractivity contribution in [1.82, 2.24) is 9.21 Å². The van der Waals surface area contributed by atoms with Gasteiger partial charge in [-0.15, -0.1) is 0 Å². The second-order valence-electron chi connectivity index (χ2n) is 5.64. The fourth-order valence-electron chi connectivity index (χ4n) is 1.81. The summed E-state index contributed by atoms with van der Waals surface area (Å²) >= 11 is 9.21. The second-order valence-corrected chi connectivity index (χ2v) is 8.84.